The van der Waals surface area contributed by atoms with Gasteiger partial charge in [0.05, 0.1) is 25.6 Å². The second kappa shape index (κ2) is 12.4. The Bertz CT molecular complexity index is 1620. The van der Waals surface area contributed by atoms with Crippen molar-refractivity contribution in [3.63, 3.8) is 0 Å². The number of methoxy groups -OCH3 is 1. The molecular formula is C33H40ClN6O2P. The smallest absolute Gasteiger partial charge is 0.229 e. The molecule has 2 aliphatic heterocycles. The van der Waals surface area contributed by atoms with E-state index in [0.29, 0.717) is 22.2 Å². The van der Waals surface area contributed by atoms with Gasteiger partial charge in [0, 0.05) is 55.5 Å². The van der Waals surface area contributed by atoms with E-state index in [9.17, 15) is 5.11 Å². The number of aryl methyl sites for hydroxylation is 1. The van der Waals surface area contributed by atoms with Gasteiger partial charge < -0.3 is 25.4 Å². The number of aromatic nitrogens is 2. The van der Waals surface area contributed by atoms with E-state index >= 15 is 0 Å². The third-order valence-electron chi connectivity index (χ3n) is 8.81. The average Bonchev–Trinajstić information content (AvgIpc) is 2.98. The van der Waals surface area contributed by atoms with Crippen LogP contribution in [0.5, 0.6) is 5.75 Å². The number of aliphatic hydroxyl groups is 1. The van der Waals surface area contributed by atoms with E-state index in [-0.39, 0.29) is 6.61 Å². The van der Waals surface area contributed by atoms with E-state index in [1.54, 1.807) is 13.3 Å². The second-order valence-corrected chi connectivity index (χ2v) is 14.6. The Morgan fingerprint density at radius 2 is 1.81 bits per heavy atom. The van der Waals surface area contributed by atoms with E-state index in [1.807, 2.05) is 0 Å². The first kappa shape index (κ1) is 29.9. The quantitative estimate of drug-likeness (QED) is 0.187. The van der Waals surface area contributed by atoms with Crippen LogP contribution in [0.1, 0.15) is 18.4 Å². The van der Waals surface area contributed by atoms with Gasteiger partial charge in [-0.3, -0.25) is 4.90 Å². The first-order chi connectivity index (χ1) is 20.8. The average molecular weight is 619 g/mol. The molecule has 10 heteroatoms. The number of ether oxygens (including phenoxy) is 1. The molecule has 0 aliphatic carbocycles. The molecule has 1 spiro atoms. The van der Waals surface area contributed by atoms with Crippen molar-refractivity contribution < 1.29 is 9.84 Å². The van der Waals surface area contributed by atoms with Crippen LogP contribution in [0.15, 0.2) is 54.7 Å². The predicted octanol–water partition coefficient (Wildman–Crippen LogP) is 6.35. The van der Waals surface area contributed by atoms with E-state index in [2.05, 4.69) is 94.2 Å². The summed E-state index contributed by atoms with van der Waals surface area (Å²) in [4.78, 5) is 14.1. The number of anilines is 5. The van der Waals surface area contributed by atoms with E-state index in [4.69, 9.17) is 21.3 Å². The number of halogens is 1. The zero-order valence-corrected chi connectivity index (χ0v) is 27.0. The van der Waals surface area contributed by atoms with Crippen molar-refractivity contribution in [3.05, 3.63) is 65.3 Å². The lowest BCUT2D eigenvalue weighted by molar-refractivity contribution is -0.0260. The fourth-order valence-corrected chi connectivity index (χ4v) is 8.06. The molecule has 2 saturated heterocycles. The summed E-state index contributed by atoms with van der Waals surface area (Å²) in [7, 11) is 1.30. The molecule has 4 aromatic rings. The Balaban J connectivity index is 1.20. The summed E-state index contributed by atoms with van der Waals surface area (Å²) in [5, 5.41) is 20.3. The van der Waals surface area contributed by atoms with Crippen LogP contribution < -0.4 is 25.6 Å². The van der Waals surface area contributed by atoms with Gasteiger partial charge in [0.25, 0.3) is 0 Å². The number of nitrogens with zero attached hydrogens (tertiary/aromatic N) is 4. The maximum absolute atomic E-state index is 9.24. The normalized spacial score (nSPS) is 16.5. The van der Waals surface area contributed by atoms with Gasteiger partial charge >= 0.3 is 0 Å². The molecule has 0 amide bonds. The fourth-order valence-electron chi connectivity index (χ4n) is 6.63. The standard InChI is InChI=1S/C33H40ClN6O2P/c1-22-17-27(29(42-2)18-28(22)40-13-11-33(12-14-40)20-39(21-33)15-16-41)37-32-35-19-25(34)31(38-32)36-26-10-9-23-7-5-6-8-24(23)30(26)43(3)4/h5-10,17-19,41H,11-16,20-21H2,1-4H3,(H2,35,36,37,38). The Hall–Kier alpha value is -3.16. The fraction of sp³-hybridized carbons (Fsp3) is 0.394. The van der Waals surface area contributed by atoms with Gasteiger partial charge in [0.2, 0.25) is 5.95 Å². The van der Waals surface area contributed by atoms with Gasteiger partial charge in [-0.2, -0.15) is 4.98 Å². The molecule has 3 aromatic carbocycles. The van der Waals surface area contributed by atoms with Crippen LogP contribution in [0.2, 0.25) is 5.02 Å². The van der Waals surface area contributed by atoms with Gasteiger partial charge in [-0.05, 0) is 67.0 Å². The Morgan fingerprint density at radius 3 is 2.53 bits per heavy atom. The van der Waals surface area contributed by atoms with Gasteiger partial charge in [-0.1, -0.05) is 49.9 Å². The monoisotopic (exact) mass is 618 g/mol. The molecule has 226 valence electrons. The molecule has 2 aliphatic rings. The molecule has 0 radical (unpaired) electrons. The second-order valence-electron chi connectivity index (χ2n) is 12.0. The van der Waals surface area contributed by atoms with Crippen LogP contribution in [0.25, 0.3) is 10.8 Å². The van der Waals surface area contributed by atoms with Crippen LogP contribution in [-0.2, 0) is 0 Å². The minimum Gasteiger partial charge on any atom is -0.494 e. The number of rotatable bonds is 9. The number of fused-ring (bicyclic) bond motifs is 1. The topological polar surface area (TPSA) is 85.8 Å². The molecule has 2 fully saturated rings. The number of hydrogen-bond acceptors (Lipinski definition) is 8. The predicted molar refractivity (Wildman–Crippen MR) is 181 cm³/mol. The number of aliphatic hydroxyl groups excluding tert-OH is 1. The minimum absolute atomic E-state index is 0.241. The molecule has 3 heterocycles. The van der Waals surface area contributed by atoms with Crippen LogP contribution in [0.3, 0.4) is 0 Å². The van der Waals surface area contributed by atoms with Crippen molar-refractivity contribution in [2.45, 2.75) is 19.8 Å². The highest BCUT2D eigenvalue weighted by molar-refractivity contribution is 7.65. The summed E-state index contributed by atoms with van der Waals surface area (Å²) in [5.41, 5.74) is 4.59. The van der Waals surface area contributed by atoms with E-state index in [1.165, 1.54) is 40.2 Å². The lowest BCUT2D eigenvalue weighted by Crippen LogP contribution is -2.60. The summed E-state index contributed by atoms with van der Waals surface area (Å²) < 4.78 is 5.84. The van der Waals surface area contributed by atoms with Gasteiger partial charge in [0.15, 0.2) is 5.82 Å². The lowest BCUT2D eigenvalue weighted by atomic mass is 9.72. The van der Waals surface area contributed by atoms with Crippen molar-refractivity contribution in [1.82, 2.24) is 14.9 Å². The third kappa shape index (κ3) is 6.12. The van der Waals surface area contributed by atoms with Crippen molar-refractivity contribution >= 4 is 64.4 Å². The first-order valence-corrected chi connectivity index (χ1v) is 17.4. The largest absolute Gasteiger partial charge is 0.494 e. The highest BCUT2D eigenvalue weighted by atomic mass is 35.5. The van der Waals surface area contributed by atoms with Crippen LogP contribution in [0.4, 0.5) is 28.8 Å². The zero-order valence-electron chi connectivity index (χ0n) is 25.3. The molecule has 1 aromatic heterocycles. The molecule has 8 nitrogen and oxygen atoms in total. The van der Waals surface area contributed by atoms with Crippen LogP contribution in [-0.4, -0.2) is 79.7 Å². The highest BCUT2D eigenvalue weighted by Crippen LogP contribution is 2.43. The molecule has 0 saturated carbocycles. The molecular weight excluding hydrogens is 579 g/mol. The third-order valence-corrected chi connectivity index (χ3v) is 10.5. The lowest BCUT2D eigenvalue weighted by Gasteiger charge is -2.54. The Kier molecular flexibility index (Phi) is 8.65. The van der Waals surface area contributed by atoms with Crippen LogP contribution >= 0.6 is 19.5 Å². The number of β-amino-alcohol motifs (C(OH)–C–C–N with tert-alkyl or cyclic N) is 1. The number of piperidine rings is 1. The van der Waals surface area contributed by atoms with Gasteiger partial charge in [-0.25, -0.2) is 4.98 Å². The zero-order chi connectivity index (χ0) is 30.1. The maximum Gasteiger partial charge on any atom is 0.229 e. The Labute approximate surface area is 260 Å². The summed E-state index contributed by atoms with van der Waals surface area (Å²) in [6.07, 6.45) is 3.96. The van der Waals surface area contributed by atoms with Crippen LogP contribution in [0, 0.1) is 12.3 Å². The molecule has 3 N–H and O–H groups in total. The van der Waals surface area contributed by atoms with E-state index in [0.717, 1.165) is 49.8 Å². The van der Waals surface area contributed by atoms with Crippen molar-refractivity contribution in [2.24, 2.45) is 5.41 Å². The molecule has 0 unspecified atom stereocenters. The summed E-state index contributed by atoms with van der Waals surface area (Å²) in [6.45, 7) is 11.9. The molecule has 43 heavy (non-hydrogen) atoms. The first-order valence-electron chi connectivity index (χ1n) is 14.8. The van der Waals surface area contributed by atoms with Gasteiger partial charge in [0.1, 0.15) is 10.8 Å². The van der Waals surface area contributed by atoms with Crippen molar-refractivity contribution in [3.8, 4) is 5.75 Å². The molecule has 6 rings (SSSR count). The summed E-state index contributed by atoms with van der Waals surface area (Å²) >= 11 is 6.59. The van der Waals surface area contributed by atoms with E-state index < -0.39 is 7.92 Å². The highest BCUT2D eigenvalue weighted by Gasteiger charge is 2.44. The van der Waals surface area contributed by atoms with Crippen molar-refractivity contribution in [2.75, 3.05) is 75.3 Å². The Morgan fingerprint density at radius 1 is 1.05 bits per heavy atom. The maximum atomic E-state index is 9.24. The summed E-state index contributed by atoms with van der Waals surface area (Å²) in [5.74, 6) is 1.73. The minimum atomic E-state index is -0.392. The molecule has 0 atom stereocenters. The van der Waals surface area contributed by atoms with Gasteiger partial charge in [-0.15, -0.1) is 0 Å². The molecule has 0 bridgehead atoms. The number of likely N-dealkylation sites (tertiary alicyclic amines) is 1. The number of nitrogens with one attached hydrogen (secondary N) is 2. The number of benzene rings is 3. The summed E-state index contributed by atoms with van der Waals surface area (Å²) in [6, 6.07) is 16.9. The number of hydrogen-bond donors (Lipinski definition) is 3. The SMILES string of the molecule is COc1cc(N2CCC3(CC2)CN(CCO)C3)c(C)cc1Nc1ncc(Cl)c(Nc2ccc3ccccc3c2P(C)C)n1. The van der Waals surface area contributed by atoms with Crippen molar-refractivity contribution in [1.29, 1.82) is 0 Å².